The molecule has 0 aliphatic carbocycles. The van der Waals surface area contributed by atoms with E-state index in [1.165, 1.54) is 17.8 Å². The van der Waals surface area contributed by atoms with Crippen molar-refractivity contribution >= 4 is 23.4 Å². The van der Waals surface area contributed by atoms with E-state index in [0.717, 1.165) is 10.5 Å². The summed E-state index contributed by atoms with van der Waals surface area (Å²) in [6.07, 6.45) is 0. The third kappa shape index (κ3) is 4.95. The molecule has 0 heterocycles. The molecular weight excluding hydrogens is 360 g/mol. The fraction of sp³-hybridized carbons (Fsp3) is 0.0952. The van der Waals surface area contributed by atoms with Crippen LogP contribution in [0.2, 0.25) is 0 Å². The molecule has 0 aliphatic heterocycles. The van der Waals surface area contributed by atoms with E-state index in [9.17, 15) is 14.9 Å². The first-order valence-electron chi connectivity index (χ1n) is 8.42. The van der Waals surface area contributed by atoms with Gasteiger partial charge < -0.3 is 5.32 Å². The molecule has 1 atom stereocenters. The summed E-state index contributed by atoms with van der Waals surface area (Å²) in [5.41, 5.74) is 1.36. The predicted octanol–water partition coefficient (Wildman–Crippen LogP) is 4.74. The number of benzene rings is 3. The van der Waals surface area contributed by atoms with E-state index in [4.69, 9.17) is 0 Å². The van der Waals surface area contributed by atoms with Crippen molar-refractivity contribution < 1.29 is 9.72 Å². The van der Waals surface area contributed by atoms with Gasteiger partial charge in [0.25, 0.3) is 5.69 Å². The van der Waals surface area contributed by atoms with Crippen molar-refractivity contribution in [2.45, 2.75) is 16.7 Å². The highest BCUT2D eigenvalue weighted by Crippen LogP contribution is 2.35. The zero-order valence-electron chi connectivity index (χ0n) is 14.4. The van der Waals surface area contributed by atoms with Gasteiger partial charge in [0.1, 0.15) is 5.25 Å². The highest BCUT2D eigenvalue weighted by atomic mass is 32.2. The maximum Gasteiger partial charge on any atom is 0.274 e. The Labute approximate surface area is 161 Å². The van der Waals surface area contributed by atoms with Crippen molar-refractivity contribution in [3.63, 3.8) is 0 Å². The molecule has 3 rings (SSSR count). The van der Waals surface area contributed by atoms with Crippen LogP contribution in [0, 0.1) is 10.1 Å². The van der Waals surface area contributed by atoms with Gasteiger partial charge in [0.15, 0.2) is 0 Å². The lowest BCUT2D eigenvalue weighted by molar-refractivity contribution is -0.385. The maximum atomic E-state index is 12.9. The number of nitro benzene ring substituents is 1. The fourth-order valence-electron chi connectivity index (χ4n) is 2.65. The molecule has 27 heavy (non-hydrogen) atoms. The Morgan fingerprint density at radius 3 is 2.19 bits per heavy atom. The van der Waals surface area contributed by atoms with Crippen LogP contribution in [-0.4, -0.2) is 10.8 Å². The average molecular weight is 378 g/mol. The van der Waals surface area contributed by atoms with Crippen molar-refractivity contribution in [3.05, 3.63) is 106 Å². The first kappa shape index (κ1) is 18.7. The summed E-state index contributed by atoms with van der Waals surface area (Å²) < 4.78 is 0. The summed E-state index contributed by atoms with van der Waals surface area (Å²) in [6.45, 7) is 0.106. The zero-order valence-corrected chi connectivity index (χ0v) is 15.3. The van der Waals surface area contributed by atoms with Crippen LogP contribution >= 0.6 is 11.8 Å². The molecule has 0 radical (unpaired) electrons. The van der Waals surface area contributed by atoms with Crippen molar-refractivity contribution in [2.75, 3.05) is 0 Å². The second-order valence-corrected chi connectivity index (χ2v) is 7.00. The summed E-state index contributed by atoms with van der Waals surface area (Å²) in [4.78, 5) is 24.6. The van der Waals surface area contributed by atoms with Crippen LogP contribution in [-0.2, 0) is 11.3 Å². The summed E-state index contributed by atoms with van der Waals surface area (Å²) in [6, 6.07) is 25.6. The Bertz CT molecular complexity index is 917. The van der Waals surface area contributed by atoms with Crippen LogP contribution in [0.15, 0.2) is 89.8 Å². The largest absolute Gasteiger partial charge is 0.350 e. The minimum Gasteiger partial charge on any atom is -0.350 e. The topological polar surface area (TPSA) is 72.2 Å². The molecule has 1 N–H and O–H groups in total. The van der Waals surface area contributed by atoms with E-state index in [1.807, 2.05) is 60.7 Å². The fourth-order valence-corrected chi connectivity index (χ4v) is 3.72. The van der Waals surface area contributed by atoms with Gasteiger partial charge in [-0.25, -0.2) is 0 Å². The van der Waals surface area contributed by atoms with Gasteiger partial charge in [-0.15, -0.1) is 11.8 Å². The van der Waals surface area contributed by atoms with Gasteiger partial charge in [-0.3, -0.25) is 14.9 Å². The van der Waals surface area contributed by atoms with E-state index in [0.29, 0.717) is 5.56 Å². The second-order valence-electron chi connectivity index (χ2n) is 5.83. The number of hydrogen-bond acceptors (Lipinski definition) is 4. The molecule has 0 aliphatic rings. The lowest BCUT2D eigenvalue weighted by atomic mass is 10.1. The number of carbonyl (C=O) groups excluding carboxylic acids is 1. The van der Waals surface area contributed by atoms with Gasteiger partial charge in [-0.2, -0.15) is 0 Å². The predicted molar refractivity (Wildman–Crippen MR) is 106 cm³/mol. The van der Waals surface area contributed by atoms with Crippen molar-refractivity contribution in [3.8, 4) is 0 Å². The quantitative estimate of drug-likeness (QED) is 0.366. The lowest BCUT2D eigenvalue weighted by Gasteiger charge is -2.17. The Kier molecular flexibility index (Phi) is 6.22. The highest BCUT2D eigenvalue weighted by Gasteiger charge is 2.22. The number of nitrogens with one attached hydrogen (secondary N) is 1. The summed E-state index contributed by atoms with van der Waals surface area (Å²) in [5, 5.41) is 13.6. The van der Waals surface area contributed by atoms with Crippen LogP contribution in [0.4, 0.5) is 5.69 Å². The van der Waals surface area contributed by atoms with Crippen LogP contribution in [0.1, 0.15) is 16.4 Å². The normalized spacial score (nSPS) is 11.6. The SMILES string of the molecule is O=C(NCc1ccccc1[N+](=O)[O-])C(Sc1ccccc1)c1ccccc1. The van der Waals surface area contributed by atoms with Crippen LogP contribution in [0.25, 0.3) is 0 Å². The molecule has 5 nitrogen and oxygen atoms in total. The molecule has 0 fully saturated rings. The van der Waals surface area contributed by atoms with E-state index >= 15 is 0 Å². The maximum absolute atomic E-state index is 12.9. The molecule has 6 heteroatoms. The molecule has 1 amide bonds. The van der Waals surface area contributed by atoms with Gasteiger partial charge in [0.05, 0.1) is 4.92 Å². The lowest BCUT2D eigenvalue weighted by Crippen LogP contribution is -2.27. The Hall–Kier alpha value is -3.12. The van der Waals surface area contributed by atoms with Crippen LogP contribution in [0.5, 0.6) is 0 Å². The zero-order chi connectivity index (χ0) is 19.1. The Morgan fingerprint density at radius 1 is 0.926 bits per heavy atom. The molecule has 3 aromatic rings. The van der Waals surface area contributed by atoms with E-state index in [1.54, 1.807) is 18.2 Å². The number of thioether (sulfide) groups is 1. The molecule has 0 saturated heterocycles. The monoisotopic (exact) mass is 378 g/mol. The van der Waals surface area contributed by atoms with Crippen molar-refractivity contribution in [1.29, 1.82) is 0 Å². The molecule has 0 saturated carbocycles. The van der Waals surface area contributed by atoms with E-state index in [-0.39, 0.29) is 18.1 Å². The van der Waals surface area contributed by atoms with Crippen molar-refractivity contribution in [2.24, 2.45) is 0 Å². The smallest absolute Gasteiger partial charge is 0.274 e. The first-order chi connectivity index (χ1) is 13.1. The first-order valence-corrected chi connectivity index (χ1v) is 9.30. The number of para-hydroxylation sites is 1. The van der Waals surface area contributed by atoms with Gasteiger partial charge in [0.2, 0.25) is 5.91 Å². The summed E-state index contributed by atoms with van der Waals surface area (Å²) in [5.74, 6) is -0.187. The van der Waals surface area contributed by atoms with Crippen molar-refractivity contribution in [1.82, 2.24) is 5.32 Å². The number of amides is 1. The van der Waals surface area contributed by atoms with E-state index in [2.05, 4.69) is 5.32 Å². The average Bonchev–Trinajstić information content (AvgIpc) is 2.72. The molecule has 1 unspecified atom stereocenters. The number of nitro groups is 1. The Morgan fingerprint density at radius 2 is 1.52 bits per heavy atom. The number of rotatable bonds is 7. The highest BCUT2D eigenvalue weighted by molar-refractivity contribution is 8.00. The van der Waals surface area contributed by atoms with Crippen LogP contribution < -0.4 is 5.32 Å². The van der Waals surface area contributed by atoms with Gasteiger partial charge in [0, 0.05) is 23.1 Å². The molecule has 136 valence electrons. The third-order valence-corrected chi connectivity index (χ3v) is 5.25. The minimum atomic E-state index is -0.448. The molecule has 0 bridgehead atoms. The standard InChI is InChI=1S/C21H18N2O3S/c24-21(22-15-17-11-7-8-14-19(17)23(25)26)20(16-9-3-1-4-10-16)27-18-12-5-2-6-13-18/h1-14,20H,15H2,(H,22,24). The number of nitrogens with zero attached hydrogens (tertiary/aromatic N) is 1. The van der Waals surface area contributed by atoms with Gasteiger partial charge in [-0.1, -0.05) is 66.7 Å². The Balaban J connectivity index is 1.78. The molecule has 0 aromatic heterocycles. The van der Waals surface area contributed by atoms with Crippen LogP contribution in [0.3, 0.4) is 0 Å². The number of hydrogen-bond donors (Lipinski definition) is 1. The van der Waals surface area contributed by atoms with E-state index < -0.39 is 10.2 Å². The minimum absolute atomic E-state index is 0.00442. The summed E-state index contributed by atoms with van der Waals surface area (Å²) in [7, 11) is 0. The molecule has 3 aromatic carbocycles. The molecular formula is C21H18N2O3S. The summed E-state index contributed by atoms with van der Waals surface area (Å²) >= 11 is 1.45. The van der Waals surface area contributed by atoms with Gasteiger partial charge in [-0.05, 0) is 17.7 Å². The second kappa shape index (κ2) is 9.00. The molecule has 0 spiro atoms. The third-order valence-electron chi connectivity index (χ3n) is 3.98. The van der Waals surface area contributed by atoms with Gasteiger partial charge >= 0.3 is 0 Å². The number of carbonyl (C=O) groups is 1.